The smallest absolute Gasteiger partial charge is 0.233 e. The van der Waals surface area contributed by atoms with Crippen LogP contribution in [0.15, 0.2) is 21.9 Å². The molecule has 3 rings (SSSR count). The molecule has 0 bridgehead atoms. The maximum Gasteiger partial charge on any atom is 0.233 e. The van der Waals surface area contributed by atoms with E-state index in [9.17, 15) is 4.79 Å². The molecule has 2 aromatic heterocycles. The fourth-order valence-electron chi connectivity index (χ4n) is 3.22. The lowest BCUT2D eigenvalue weighted by Crippen LogP contribution is -2.39. The van der Waals surface area contributed by atoms with Gasteiger partial charge in [-0.3, -0.25) is 4.79 Å². The van der Waals surface area contributed by atoms with Gasteiger partial charge in [-0.15, -0.1) is 10.2 Å². The summed E-state index contributed by atoms with van der Waals surface area (Å²) in [5.41, 5.74) is 0.928. The van der Waals surface area contributed by atoms with E-state index in [4.69, 9.17) is 4.42 Å². The van der Waals surface area contributed by atoms with Crippen LogP contribution >= 0.6 is 11.8 Å². The van der Waals surface area contributed by atoms with E-state index < -0.39 is 0 Å². The standard InChI is InChI=1S/C18H26N4O2S/c1-12-15(10-11-24-12)16-20-21-18(22(16)3)25-13(2)17(23)19-14-8-6-4-5-7-9-14/h10-11,13-14H,4-9H2,1-3H3,(H,19,23)/t13-/m0/s1. The topological polar surface area (TPSA) is 72.9 Å². The molecule has 6 nitrogen and oxygen atoms in total. The summed E-state index contributed by atoms with van der Waals surface area (Å²) in [5.74, 6) is 1.65. The van der Waals surface area contributed by atoms with Crippen molar-refractivity contribution in [1.29, 1.82) is 0 Å². The predicted molar refractivity (Wildman–Crippen MR) is 98.4 cm³/mol. The minimum absolute atomic E-state index is 0.0842. The summed E-state index contributed by atoms with van der Waals surface area (Å²) in [4.78, 5) is 12.5. The summed E-state index contributed by atoms with van der Waals surface area (Å²) in [6.07, 6.45) is 8.83. The molecule has 1 aliphatic carbocycles. The number of thioether (sulfide) groups is 1. The molecule has 0 aromatic carbocycles. The Bertz CT molecular complexity index is 716. The third-order valence-electron chi connectivity index (χ3n) is 4.79. The van der Waals surface area contributed by atoms with Crippen molar-refractivity contribution in [1.82, 2.24) is 20.1 Å². The van der Waals surface area contributed by atoms with Crippen molar-refractivity contribution in [2.75, 3.05) is 0 Å². The quantitative estimate of drug-likeness (QED) is 0.648. The molecule has 1 atom stereocenters. The molecule has 2 aromatic rings. The number of hydrogen-bond donors (Lipinski definition) is 1. The average molecular weight is 362 g/mol. The molecule has 0 saturated heterocycles. The van der Waals surface area contributed by atoms with Crippen molar-refractivity contribution in [3.63, 3.8) is 0 Å². The number of aromatic nitrogens is 3. The first-order valence-corrected chi connectivity index (χ1v) is 9.85. The molecule has 1 fully saturated rings. The van der Waals surface area contributed by atoms with Gasteiger partial charge in [0.1, 0.15) is 5.76 Å². The first-order chi connectivity index (χ1) is 12.1. The highest BCUT2D eigenvalue weighted by Crippen LogP contribution is 2.28. The van der Waals surface area contributed by atoms with Gasteiger partial charge in [-0.2, -0.15) is 0 Å². The first kappa shape index (κ1) is 18.0. The van der Waals surface area contributed by atoms with Crippen LogP contribution in [0.4, 0.5) is 0 Å². The molecule has 136 valence electrons. The SMILES string of the molecule is Cc1occc1-c1nnc(S[C@@H](C)C(=O)NC2CCCCCC2)n1C. The highest BCUT2D eigenvalue weighted by Gasteiger charge is 2.23. The fourth-order valence-corrected chi connectivity index (χ4v) is 4.05. The summed E-state index contributed by atoms with van der Waals surface area (Å²) in [6.45, 7) is 3.83. The third-order valence-corrected chi connectivity index (χ3v) is 5.92. The molecule has 0 aliphatic heterocycles. The van der Waals surface area contributed by atoms with E-state index in [0.29, 0.717) is 6.04 Å². The lowest BCUT2D eigenvalue weighted by atomic mass is 10.1. The van der Waals surface area contributed by atoms with E-state index in [0.717, 1.165) is 35.1 Å². The lowest BCUT2D eigenvalue weighted by Gasteiger charge is -2.19. The van der Waals surface area contributed by atoms with Crippen LogP contribution in [0.25, 0.3) is 11.4 Å². The van der Waals surface area contributed by atoms with Gasteiger partial charge in [0.15, 0.2) is 11.0 Å². The number of amides is 1. The second-order valence-electron chi connectivity index (χ2n) is 6.71. The lowest BCUT2D eigenvalue weighted by molar-refractivity contribution is -0.121. The Morgan fingerprint density at radius 1 is 1.32 bits per heavy atom. The maximum atomic E-state index is 12.5. The maximum absolute atomic E-state index is 12.5. The van der Waals surface area contributed by atoms with Gasteiger partial charge in [0, 0.05) is 13.1 Å². The molecule has 25 heavy (non-hydrogen) atoms. The van der Waals surface area contributed by atoms with Gasteiger partial charge in [-0.1, -0.05) is 37.4 Å². The van der Waals surface area contributed by atoms with Gasteiger partial charge in [-0.25, -0.2) is 0 Å². The number of nitrogens with one attached hydrogen (secondary N) is 1. The van der Waals surface area contributed by atoms with E-state index in [2.05, 4.69) is 15.5 Å². The Kier molecular flexibility index (Phi) is 5.83. The van der Waals surface area contributed by atoms with Crippen LogP contribution in [0.3, 0.4) is 0 Å². The van der Waals surface area contributed by atoms with Crippen LogP contribution in [0.2, 0.25) is 0 Å². The molecular formula is C18H26N4O2S. The van der Waals surface area contributed by atoms with Crippen LogP contribution in [-0.2, 0) is 11.8 Å². The van der Waals surface area contributed by atoms with Crippen LogP contribution in [-0.4, -0.2) is 32.0 Å². The average Bonchev–Trinajstić information content (AvgIpc) is 3.05. The van der Waals surface area contributed by atoms with Crippen LogP contribution in [0, 0.1) is 6.92 Å². The predicted octanol–water partition coefficient (Wildman–Crippen LogP) is 3.70. The van der Waals surface area contributed by atoms with E-state index in [1.807, 2.05) is 31.5 Å². The van der Waals surface area contributed by atoms with E-state index in [-0.39, 0.29) is 11.2 Å². The highest BCUT2D eigenvalue weighted by molar-refractivity contribution is 8.00. The molecule has 1 aliphatic rings. The van der Waals surface area contributed by atoms with Gasteiger partial charge in [0.25, 0.3) is 0 Å². The molecule has 1 saturated carbocycles. The highest BCUT2D eigenvalue weighted by atomic mass is 32.2. The van der Waals surface area contributed by atoms with Gasteiger partial charge < -0.3 is 14.3 Å². The van der Waals surface area contributed by atoms with Gasteiger partial charge >= 0.3 is 0 Å². The Morgan fingerprint density at radius 3 is 2.68 bits per heavy atom. The van der Waals surface area contributed by atoms with Crippen LogP contribution in [0.5, 0.6) is 0 Å². The monoisotopic (exact) mass is 362 g/mol. The van der Waals surface area contributed by atoms with Crippen molar-refractivity contribution < 1.29 is 9.21 Å². The Morgan fingerprint density at radius 2 is 2.04 bits per heavy atom. The zero-order valence-corrected chi connectivity index (χ0v) is 15.9. The van der Waals surface area contributed by atoms with E-state index in [1.54, 1.807) is 6.26 Å². The van der Waals surface area contributed by atoms with Gasteiger partial charge in [-0.05, 0) is 32.8 Å². The number of rotatable bonds is 5. The number of aryl methyl sites for hydroxylation is 1. The number of furan rings is 1. The van der Waals surface area contributed by atoms with E-state index >= 15 is 0 Å². The third kappa shape index (κ3) is 4.26. The zero-order chi connectivity index (χ0) is 17.8. The van der Waals surface area contributed by atoms with Gasteiger partial charge in [0.05, 0.1) is 17.1 Å². The van der Waals surface area contributed by atoms with Gasteiger partial charge in [0.2, 0.25) is 5.91 Å². The van der Waals surface area contributed by atoms with E-state index in [1.165, 1.54) is 37.4 Å². The Hall–Kier alpha value is -1.76. The van der Waals surface area contributed by atoms with Crippen molar-refractivity contribution in [3.8, 4) is 11.4 Å². The molecular weight excluding hydrogens is 336 g/mol. The van der Waals surface area contributed by atoms with Crippen molar-refractivity contribution in [2.45, 2.75) is 68.8 Å². The molecule has 0 spiro atoms. The first-order valence-electron chi connectivity index (χ1n) is 8.97. The summed E-state index contributed by atoms with van der Waals surface area (Å²) in [7, 11) is 1.92. The van der Waals surface area contributed by atoms with Crippen molar-refractivity contribution in [2.24, 2.45) is 7.05 Å². The zero-order valence-electron chi connectivity index (χ0n) is 15.1. The minimum Gasteiger partial charge on any atom is -0.469 e. The number of nitrogens with zero attached hydrogens (tertiary/aromatic N) is 3. The normalized spacial score (nSPS) is 17.2. The van der Waals surface area contributed by atoms with Crippen LogP contribution < -0.4 is 5.32 Å². The Labute approximate surface area is 152 Å². The molecule has 1 amide bonds. The van der Waals surface area contributed by atoms with Crippen molar-refractivity contribution >= 4 is 17.7 Å². The number of carbonyl (C=O) groups is 1. The number of hydrogen-bond acceptors (Lipinski definition) is 5. The molecule has 0 unspecified atom stereocenters. The second kappa shape index (κ2) is 8.08. The second-order valence-corrected chi connectivity index (χ2v) is 8.02. The molecule has 1 N–H and O–H groups in total. The molecule has 2 heterocycles. The summed E-state index contributed by atoms with van der Waals surface area (Å²) < 4.78 is 7.26. The summed E-state index contributed by atoms with van der Waals surface area (Å²) in [6, 6.07) is 2.21. The van der Waals surface area contributed by atoms with Crippen LogP contribution in [0.1, 0.15) is 51.2 Å². The fraction of sp³-hybridized carbons (Fsp3) is 0.611. The summed E-state index contributed by atoms with van der Waals surface area (Å²) >= 11 is 1.44. The minimum atomic E-state index is -0.204. The summed E-state index contributed by atoms with van der Waals surface area (Å²) in [5, 5.41) is 12.3. The number of carbonyl (C=O) groups excluding carboxylic acids is 1. The Balaban J connectivity index is 1.62. The largest absolute Gasteiger partial charge is 0.469 e. The molecule has 0 radical (unpaired) electrons. The van der Waals surface area contributed by atoms with Crippen molar-refractivity contribution in [3.05, 3.63) is 18.1 Å². The molecule has 7 heteroatoms.